The first kappa shape index (κ1) is 19.6. The molecular weight excluding hydrogens is 332 g/mol. The Morgan fingerprint density at radius 3 is 2.42 bits per heavy atom. The Balaban J connectivity index is 2.20. The molecule has 0 atom stereocenters. The molecule has 0 fully saturated rings. The minimum absolute atomic E-state index is 0.000237. The van der Waals surface area contributed by atoms with E-state index in [1.54, 1.807) is 12.1 Å². The number of anilines is 1. The van der Waals surface area contributed by atoms with E-state index in [1.807, 2.05) is 12.1 Å². The lowest BCUT2D eigenvalue weighted by Gasteiger charge is -2.25. The molecule has 2 aromatic rings. The van der Waals surface area contributed by atoms with Crippen molar-refractivity contribution in [2.24, 2.45) is 0 Å². The van der Waals surface area contributed by atoms with E-state index >= 15 is 0 Å². The molecule has 0 amide bonds. The number of nitro benzene ring substituents is 1. The van der Waals surface area contributed by atoms with Gasteiger partial charge in [0.25, 0.3) is 0 Å². The fourth-order valence-electron chi connectivity index (χ4n) is 2.86. The number of unbranched alkanes of at least 4 members (excludes halogenated alkanes) is 2. The van der Waals surface area contributed by atoms with E-state index in [2.05, 4.69) is 20.8 Å². The first-order valence-corrected chi connectivity index (χ1v) is 8.80. The first-order chi connectivity index (χ1) is 12.2. The van der Waals surface area contributed by atoms with Gasteiger partial charge in [-0.25, -0.2) is 0 Å². The SMILES string of the molecule is CCCCCC(C)(C)c1ccc(Oc2cc(N)c(O)cc2[N+](=O)[O-])cc1. The van der Waals surface area contributed by atoms with Gasteiger partial charge < -0.3 is 15.6 Å². The maximum atomic E-state index is 11.2. The summed E-state index contributed by atoms with van der Waals surface area (Å²) in [6.45, 7) is 6.61. The topological polar surface area (TPSA) is 98.6 Å². The van der Waals surface area contributed by atoms with Gasteiger partial charge in [-0.15, -0.1) is 0 Å². The second-order valence-electron chi connectivity index (χ2n) is 7.10. The van der Waals surface area contributed by atoms with E-state index < -0.39 is 4.92 Å². The third-order valence-electron chi connectivity index (χ3n) is 4.57. The molecule has 0 saturated carbocycles. The third kappa shape index (κ3) is 4.65. The highest BCUT2D eigenvalue weighted by Gasteiger charge is 2.21. The van der Waals surface area contributed by atoms with Gasteiger partial charge in [-0.2, -0.15) is 0 Å². The largest absolute Gasteiger partial charge is 0.506 e. The van der Waals surface area contributed by atoms with Gasteiger partial charge >= 0.3 is 5.69 Å². The molecule has 0 bridgehead atoms. The summed E-state index contributed by atoms with van der Waals surface area (Å²) in [5.41, 5.74) is 6.58. The Morgan fingerprint density at radius 2 is 1.85 bits per heavy atom. The van der Waals surface area contributed by atoms with Gasteiger partial charge in [0.1, 0.15) is 11.5 Å². The molecule has 0 saturated heterocycles. The van der Waals surface area contributed by atoms with Crippen molar-refractivity contribution in [3.8, 4) is 17.2 Å². The molecule has 3 N–H and O–H groups in total. The quantitative estimate of drug-likeness (QED) is 0.212. The average Bonchev–Trinajstić information content (AvgIpc) is 2.58. The summed E-state index contributed by atoms with van der Waals surface area (Å²) < 4.78 is 5.64. The number of nitrogens with zero attached hydrogens (tertiary/aromatic N) is 1. The van der Waals surface area contributed by atoms with Crippen molar-refractivity contribution in [1.82, 2.24) is 0 Å². The molecule has 0 spiro atoms. The van der Waals surface area contributed by atoms with Crippen LogP contribution in [-0.4, -0.2) is 10.0 Å². The number of phenolic OH excluding ortho intramolecular Hbond substituents is 1. The highest BCUT2D eigenvalue weighted by molar-refractivity contribution is 5.64. The number of aromatic hydroxyl groups is 1. The molecule has 0 aliphatic carbocycles. The highest BCUT2D eigenvalue weighted by atomic mass is 16.6. The summed E-state index contributed by atoms with van der Waals surface area (Å²) in [6.07, 6.45) is 4.69. The minimum Gasteiger partial charge on any atom is -0.506 e. The van der Waals surface area contributed by atoms with Gasteiger partial charge in [0.15, 0.2) is 0 Å². The summed E-state index contributed by atoms with van der Waals surface area (Å²) in [7, 11) is 0. The van der Waals surface area contributed by atoms with Crippen LogP contribution in [0.2, 0.25) is 0 Å². The molecule has 0 unspecified atom stereocenters. The van der Waals surface area contributed by atoms with Crippen LogP contribution in [0.1, 0.15) is 52.0 Å². The highest BCUT2D eigenvalue weighted by Crippen LogP contribution is 2.38. The maximum Gasteiger partial charge on any atom is 0.315 e. The van der Waals surface area contributed by atoms with Gasteiger partial charge in [0.05, 0.1) is 16.7 Å². The van der Waals surface area contributed by atoms with Crippen molar-refractivity contribution < 1.29 is 14.8 Å². The summed E-state index contributed by atoms with van der Waals surface area (Å²) >= 11 is 0. The number of nitro groups is 1. The Labute approximate surface area is 153 Å². The van der Waals surface area contributed by atoms with Crippen molar-refractivity contribution >= 4 is 11.4 Å². The van der Waals surface area contributed by atoms with E-state index in [4.69, 9.17) is 10.5 Å². The smallest absolute Gasteiger partial charge is 0.315 e. The van der Waals surface area contributed by atoms with Gasteiger partial charge in [-0.1, -0.05) is 52.2 Å². The van der Waals surface area contributed by atoms with Gasteiger partial charge in [-0.05, 0) is 29.5 Å². The lowest BCUT2D eigenvalue weighted by Crippen LogP contribution is -2.16. The Kier molecular flexibility index (Phi) is 6.08. The van der Waals surface area contributed by atoms with Crippen LogP contribution < -0.4 is 10.5 Å². The molecule has 0 heterocycles. The number of ether oxygens (including phenoxy) is 1. The van der Waals surface area contributed by atoms with E-state index in [0.29, 0.717) is 5.75 Å². The van der Waals surface area contributed by atoms with Crippen molar-refractivity contribution in [3.05, 3.63) is 52.1 Å². The first-order valence-electron chi connectivity index (χ1n) is 8.80. The molecule has 140 valence electrons. The zero-order valence-corrected chi connectivity index (χ0v) is 15.5. The van der Waals surface area contributed by atoms with Crippen LogP contribution in [-0.2, 0) is 5.41 Å². The van der Waals surface area contributed by atoms with Crippen molar-refractivity contribution in [2.45, 2.75) is 51.9 Å². The summed E-state index contributed by atoms with van der Waals surface area (Å²) in [5, 5.41) is 20.7. The zero-order valence-electron chi connectivity index (χ0n) is 15.5. The van der Waals surface area contributed by atoms with Gasteiger partial charge in [0.2, 0.25) is 5.75 Å². The summed E-state index contributed by atoms with van der Waals surface area (Å²) in [4.78, 5) is 10.5. The number of benzene rings is 2. The van der Waals surface area contributed by atoms with E-state index in [9.17, 15) is 15.2 Å². The average molecular weight is 358 g/mol. The molecule has 6 heteroatoms. The number of phenols is 1. The van der Waals surface area contributed by atoms with E-state index in [-0.39, 0.29) is 28.3 Å². The second-order valence-corrected chi connectivity index (χ2v) is 7.10. The van der Waals surface area contributed by atoms with Gasteiger partial charge in [-0.3, -0.25) is 10.1 Å². The maximum absolute atomic E-state index is 11.2. The zero-order chi connectivity index (χ0) is 19.3. The lowest BCUT2D eigenvalue weighted by molar-refractivity contribution is -0.385. The fourth-order valence-corrected chi connectivity index (χ4v) is 2.86. The monoisotopic (exact) mass is 358 g/mol. The normalized spacial score (nSPS) is 11.3. The summed E-state index contributed by atoms with van der Waals surface area (Å²) in [5.74, 6) is 0.139. The predicted octanol–water partition coefficient (Wildman–Crippen LogP) is 5.53. The fraction of sp³-hybridized carbons (Fsp3) is 0.400. The molecule has 0 aromatic heterocycles. The molecular formula is C20H26N2O4. The summed E-state index contributed by atoms with van der Waals surface area (Å²) in [6, 6.07) is 9.81. The molecule has 0 aliphatic heterocycles. The molecule has 2 rings (SSSR count). The molecule has 0 aliphatic rings. The standard InChI is InChI=1S/C20H26N2O4/c1-4-5-6-11-20(2,3)14-7-9-15(10-8-14)26-19-12-16(21)18(23)13-17(19)22(24)25/h7-10,12-13,23H,4-6,11,21H2,1-3H3. The number of nitrogens with two attached hydrogens (primary N) is 1. The Morgan fingerprint density at radius 1 is 1.19 bits per heavy atom. The van der Waals surface area contributed by atoms with Crippen molar-refractivity contribution in [2.75, 3.05) is 5.73 Å². The van der Waals surface area contributed by atoms with Crippen LogP contribution in [0.5, 0.6) is 17.2 Å². The molecule has 0 radical (unpaired) electrons. The second kappa shape index (κ2) is 8.08. The molecule has 6 nitrogen and oxygen atoms in total. The van der Waals surface area contributed by atoms with Gasteiger partial charge in [0, 0.05) is 6.07 Å². The van der Waals surface area contributed by atoms with Crippen molar-refractivity contribution in [3.63, 3.8) is 0 Å². The minimum atomic E-state index is -0.611. The Hall–Kier alpha value is -2.76. The predicted molar refractivity (Wildman–Crippen MR) is 103 cm³/mol. The molecule has 2 aromatic carbocycles. The van der Waals surface area contributed by atoms with Crippen molar-refractivity contribution in [1.29, 1.82) is 0 Å². The number of hydrogen-bond acceptors (Lipinski definition) is 5. The molecule has 26 heavy (non-hydrogen) atoms. The van der Waals surface area contributed by atoms with Crippen LogP contribution in [0.15, 0.2) is 36.4 Å². The van der Waals surface area contributed by atoms with E-state index in [0.717, 1.165) is 12.5 Å². The van der Waals surface area contributed by atoms with Crippen LogP contribution in [0, 0.1) is 10.1 Å². The van der Waals surface area contributed by atoms with Crippen LogP contribution in [0.3, 0.4) is 0 Å². The number of nitrogen functional groups attached to an aromatic ring is 1. The number of rotatable bonds is 8. The van der Waals surface area contributed by atoms with Crippen LogP contribution in [0.4, 0.5) is 11.4 Å². The van der Waals surface area contributed by atoms with Crippen LogP contribution >= 0.6 is 0 Å². The lowest BCUT2D eigenvalue weighted by atomic mass is 9.80. The third-order valence-corrected chi connectivity index (χ3v) is 4.57. The number of hydrogen-bond donors (Lipinski definition) is 2. The van der Waals surface area contributed by atoms with E-state index in [1.165, 1.54) is 30.9 Å². The Bertz CT molecular complexity index is 770. The van der Waals surface area contributed by atoms with Crippen LogP contribution in [0.25, 0.3) is 0 Å².